The van der Waals surface area contributed by atoms with Gasteiger partial charge in [0.2, 0.25) is 0 Å². The molecule has 0 aromatic heterocycles. The van der Waals surface area contributed by atoms with Crippen molar-refractivity contribution in [1.29, 1.82) is 0 Å². The number of nitrogens with zero attached hydrogens (tertiary/aromatic N) is 1. The molecule has 0 aliphatic carbocycles. The predicted octanol–water partition coefficient (Wildman–Crippen LogP) is 3.61. The van der Waals surface area contributed by atoms with Gasteiger partial charge in [-0.1, -0.05) is 23.4 Å². The number of halogens is 1. The van der Waals surface area contributed by atoms with Gasteiger partial charge in [0.1, 0.15) is 19.5 Å². The van der Waals surface area contributed by atoms with Crippen molar-refractivity contribution in [2.45, 2.75) is 13.8 Å². The fourth-order valence-corrected chi connectivity index (χ4v) is 1.58. The first kappa shape index (κ1) is 15.1. The van der Waals surface area contributed by atoms with Crippen molar-refractivity contribution in [3.8, 4) is 17.0 Å². The summed E-state index contributed by atoms with van der Waals surface area (Å²) < 4.78 is 5.62. The number of hydrogen-bond acceptors (Lipinski definition) is 3. The smallest absolute Gasteiger partial charge is 0.150 e. The fraction of sp³-hybridized carbons (Fsp3) is 0.267. The van der Waals surface area contributed by atoms with E-state index in [2.05, 4.69) is 16.5 Å². The number of hydrogen-bond donors (Lipinski definition) is 0. The van der Waals surface area contributed by atoms with Crippen LogP contribution in [0.1, 0.15) is 18.1 Å². The predicted molar refractivity (Wildman–Crippen MR) is 79.5 cm³/mol. The Morgan fingerprint density at radius 3 is 2.95 bits per heavy atom. The van der Waals surface area contributed by atoms with Crippen LogP contribution in [0.2, 0.25) is 0 Å². The van der Waals surface area contributed by atoms with E-state index in [0.29, 0.717) is 0 Å². The molecule has 3 nitrogen and oxygen atoms in total. The Balaban J connectivity index is 2.95. The summed E-state index contributed by atoms with van der Waals surface area (Å²) in [5.41, 5.74) is 2.78. The van der Waals surface area contributed by atoms with Crippen LogP contribution in [0.3, 0.4) is 0 Å². The summed E-state index contributed by atoms with van der Waals surface area (Å²) in [5.74, 6) is 3.46. The largest absolute Gasteiger partial charge is 0.480 e. The zero-order chi connectivity index (χ0) is 14.1. The highest BCUT2D eigenvalue weighted by Gasteiger charge is 2.03. The van der Waals surface area contributed by atoms with Crippen molar-refractivity contribution in [3.05, 3.63) is 35.4 Å². The minimum atomic E-state index is 0.264. The van der Waals surface area contributed by atoms with E-state index in [1.165, 1.54) is 7.11 Å². The summed E-state index contributed by atoms with van der Waals surface area (Å²) in [4.78, 5) is 4.70. The highest BCUT2D eigenvalue weighted by Crippen LogP contribution is 2.24. The summed E-state index contributed by atoms with van der Waals surface area (Å²) >= 11 is 5.30. The van der Waals surface area contributed by atoms with Crippen molar-refractivity contribution in [3.63, 3.8) is 0 Å². The van der Waals surface area contributed by atoms with E-state index in [-0.39, 0.29) is 6.61 Å². The van der Waals surface area contributed by atoms with Crippen LogP contribution in [0.5, 0.6) is 5.75 Å². The number of allylic oxidation sites excluding steroid dienone is 1. The van der Waals surface area contributed by atoms with E-state index in [9.17, 15) is 0 Å². The molecule has 0 fully saturated rings. The van der Waals surface area contributed by atoms with Gasteiger partial charge >= 0.3 is 0 Å². The molecule has 0 radical (unpaired) electrons. The van der Waals surface area contributed by atoms with E-state index >= 15 is 0 Å². The van der Waals surface area contributed by atoms with Crippen molar-refractivity contribution >= 4 is 23.4 Å². The molecule has 0 bridgehead atoms. The molecule has 4 heteroatoms. The maximum Gasteiger partial charge on any atom is 0.150 e. The maximum atomic E-state index is 5.62. The molecule has 0 aliphatic rings. The molecule has 0 aliphatic heterocycles. The minimum Gasteiger partial charge on any atom is -0.480 e. The molecular weight excluding hydrogens is 262 g/mol. The van der Waals surface area contributed by atoms with Gasteiger partial charge in [-0.05, 0) is 49.1 Å². The van der Waals surface area contributed by atoms with Crippen molar-refractivity contribution < 1.29 is 9.57 Å². The molecule has 0 heterocycles. The molecule has 19 heavy (non-hydrogen) atoms. The second-order valence-corrected chi connectivity index (χ2v) is 3.99. The first-order valence-corrected chi connectivity index (χ1v) is 6.13. The van der Waals surface area contributed by atoms with Crippen LogP contribution in [-0.4, -0.2) is 19.4 Å². The van der Waals surface area contributed by atoms with Gasteiger partial charge in [-0.2, -0.15) is 0 Å². The lowest BCUT2D eigenvalue weighted by Gasteiger charge is -2.09. The third kappa shape index (κ3) is 5.07. The molecular formula is C15H16ClNO2. The first-order chi connectivity index (χ1) is 9.19. The van der Waals surface area contributed by atoms with Crippen molar-refractivity contribution in [1.82, 2.24) is 0 Å². The summed E-state index contributed by atoms with van der Waals surface area (Å²) in [7, 11) is 1.52. The minimum absolute atomic E-state index is 0.264. The summed E-state index contributed by atoms with van der Waals surface area (Å²) in [6, 6.07) is 5.92. The molecule has 0 saturated heterocycles. The Kier molecular flexibility index (Phi) is 6.56. The second kappa shape index (κ2) is 8.23. The molecule has 0 amide bonds. The molecule has 0 saturated carbocycles. The van der Waals surface area contributed by atoms with Gasteiger partial charge in [0.05, 0.1) is 5.71 Å². The molecule has 1 rings (SSSR count). The monoisotopic (exact) mass is 277 g/mol. The van der Waals surface area contributed by atoms with E-state index in [1.807, 2.05) is 44.2 Å². The number of aryl methyl sites for hydroxylation is 1. The molecule has 0 N–H and O–H groups in total. The van der Waals surface area contributed by atoms with E-state index in [1.54, 1.807) is 0 Å². The Morgan fingerprint density at radius 2 is 2.26 bits per heavy atom. The van der Waals surface area contributed by atoms with Crippen molar-refractivity contribution in [2.24, 2.45) is 5.16 Å². The fourth-order valence-electron chi connectivity index (χ4n) is 1.52. The number of oxime groups is 1. The SMILES string of the molecule is CO/N=C(C)/C=C/c1cccc(C)c1OCC#CCl. The third-order valence-electron chi connectivity index (χ3n) is 2.34. The number of para-hydroxylation sites is 1. The number of benzene rings is 1. The van der Waals surface area contributed by atoms with Gasteiger partial charge in [0, 0.05) is 10.9 Å². The summed E-state index contributed by atoms with van der Waals surface area (Å²) in [5, 5.41) is 6.10. The van der Waals surface area contributed by atoms with E-state index in [4.69, 9.17) is 21.2 Å². The van der Waals surface area contributed by atoms with Crippen LogP contribution in [0, 0.1) is 18.2 Å². The third-order valence-corrected chi connectivity index (χ3v) is 2.47. The molecule has 0 spiro atoms. The van der Waals surface area contributed by atoms with Crippen molar-refractivity contribution in [2.75, 3.05) is 13.7 Å². The Bertz CT molecular complexity index is 539. The van der Waals surface area contributed by atoms with Crippen LogP contribution in [-0.2, 0) is 4.84 Å². The van der Waals surface area contributed by atoms with E-state index in [0.717, 1.165) is 22.6 Å². The Hall–Kier alpha value is -1.92. The zero-order valence-corrected chi connectivity index (χ0v) is 12.0. The van der Waals surface area contributed by atoms with Gasteiger partial charge < -0.3 is 9.57 Å². The quantitative estimate of drug-likeness (QED) is 0.468. The molecule has 0 atom stereocenters. The first-order valence-electron chi connectivity index (χ1n) is 5.75. The van der Waals surface area contributed by atoms with Crippen LogP contribution in [0.4, 0.5) is 0 Å². The average molecular weight is 278 g/mol. The van der Waals surface area contributed by atoms with Gasteiger partial charge in [-0.25, -0.2) is 0 Å². The molecule has 1 aromatic carbocycles. The van der Waals surface area contributed by atoms with E-state index < -0.39 is 0 Å². The topological polar surface area (TPSA) is 30.8 Å². The molecule has 1 aromatic rings. The number of rotatable bonds is 5. The normalized spacial score (nSPS) is 11.1. The van der Waals surface area contributed by atoms with Gasteiger partial charge in [-0.15, -0.1) is 0 Å². The summed E-state index contributed by atoms with van der Waals surface area (Å²) in [6.45, 7) is 4.10. The molecule has 0 unspecified atom stereocenters. The number of ether oxygens (including phenoxy) is 1. The zero-order valence-electron chi connectivity index (χ0n) is 11.2. The van der Waals surface area contributed by atoms with Crippen LogP contribution in [0.15, 0.2) is 29.4 Å². The lowest BCUT2D eigenvalue weighted by Crippen LogP contribution is -1.98. The molecule has 100 valence electrons. The summed E-state index contributed by atoms with van der Waals surface area (Å²) in [6.07, 6.45) is 3.78. The highest BCUT2D eigenvalue weighted by atomic mass is 35.5. The highest BCUT2D eigenvalue weighted by molar-refractivity contribution is 6.30. The lowest BCUT2D eigenvalue weighted by atomic mass is 10.1. The van der Waals surface area contributed by atoms with Crippen LogP contribution >= 0.6 is 11.6 Å². The van der Waals surface area contributed by atoms with Crippen LogP contribution < -0.4 is 4.74 Å². The van der Waals surface area contributed by atoms with Gasteiger partial charge in [0.15, 0.2) is 0 Å². The maximum absolute atomic E-state index is 5.62. The Morgan fingerprint density at radius 1 is 1.47 bits per heavy atom. The van der Waals surface area contributed by atoms with Crippen LogP contribution in [0.25, 0.3) is 6.08 Å². The van der Waals surface area contributed by atoms with Gasteiger partial charge in [0.25, 0.3) is 0 Å². The lowest BCUT2D eigenvalue weighted by molar-refractivity contribution is 0.213. The second-order valence-electron chi connectivity index (χ2n) is 3.80. The standard InChI is InChI=1S/C15H16ClNO2/c1-12-6-4-7-14(9-8-13(2)17-18-3)15(12)19-11-5-10-16/h4,6-9H,11H2,1-3H3/b9-8+,17-13+. The van der Waals surface area contributed by atoms with Gasteiger partial charge in [-0.3, -0.25) is 0 Å². The Labute approximate surface area is 118 Å². The average Bonchev–Trinajstić information content (AvgIpc) is 2.39.